The SMILES string of the molecule is Brc1ccc(-c2noc(COc3ccccc3)n2)o1. The fourth-order valence-corrected chi connectivity index (χ4v) is 1.82. The predicted octanol–water partition coefficient (Wildman–Crippen LogP) is 3.67. The van der Waals surface area contributed by atoms with E-state index in [1.54, 1.807) is 12.1 Å². The lowest BCUT2D eigenvalue weighted by atomic mass is 10.3. The quantitative estimate of drug-likeness (QED) is 0.734. The number of rotatable bonds is 4. The number of hydrogen-bond acceptors (Lipinski definition) is 5. The molecule has 0 radical (unpaired) electrons. The Balaban J connectivity index is 1.68. The number of furan rings is 1. The van der Waals surface area contributed by atoms with Crippen molar-refractivity contribution in [2.45, 2.75) is 6.61 Å². The summed E-state index contributed by atoms with van der Waals surface area (Å²) in [6, 6.07) is 13.0. The first kappa shape index (κ1) is 12.0. The summed E-state index contributed by atoms with van der Waals surface area (Å²) < 4.78 is 16.6. The third kappa shape index (κ3) is 2.85. The number of ether oxygens (including phenoxy) is 1. The maximum atomic E-state index is 5.51. The second-order valence-electron chi connectivity index (χ2n) is 3.72. The highest BCUT2D eigenvalue weighted by atomic mass is 79.9. The maximum absolute atomic E-state index is 5.51. The number of nitrogens with zero attached hydrogens (tertiary/aromatic N) is 2. The van der Waals surface area contributed by atoms with Gasteiger partial charge in [0.1, 0.15) is 5.75 Å². The molecule has 0 fully saturated rings. The summed E-state index contributed by atoms with van der Waals surface area (Å²) in [5, 5.41) is 3.83. The molecule has 3 aromatic rings. The summed E-state index contributed by atoms with van der Waals surface area (Å²) in [4.78, 5) is 4.19. The van der Waals surface area contributed by atoms with Crippen molar-refractivity contribution in [3.8, 4) is 17.3 Å². The lowest BCUT2D eigenvalue weighted by Gasteiger charge is -2.00. The van der Waals surface area contributed by atoms with Gasteiger partial charge in [0.2, 0.25) is 5.82 Å². The Hall–Kier alpha value is -2.08. The second-order valence-corrected chi connectivity index (χ2v) is 4.50. The zero-order chi connectivity index (χ0) is 13.1. The van der Waals surface area contributed by atoms with E-state index in [1.807, 2.05) is 30.3 Å². The minimum Gasteiger partial charge on any atom is -0.484 e. The molecular formula is C13H9BrN2O3. The van der Waals surface area contributed by atoms with E-state index in [0.717, 1.165) is 5.75 Å². The molecule has 6 heteroatoms. The Morgan fingerprint density at radius 3 is 2.68 bits per heavy atom. The molecule has 0 aliphatic heterocycles. The van der Waals surface area contributed by atoms with Gasteiger partial charge in [0, 0.05) is 0 Å². The van der Waals surface area contributed by atoms with Gasteiger partial charge in [-0.3, -0.25) is 0 Å². The molecular weight excluding hydrogens is 312 g/mol. The number of hydrogen-bond donors (Lipinski definition) is 0. The molecule has 1 aromatic carbocycles. The third-order valence-corrected chi connectivity index (χ3v) is 2.79. The summed E-state index contributed by atoms with van der Waals surface area (Å²) in [5.74, 6) is 2.09. The summed E-state index contributed by atoms with van der Waals surface area (Å²) in [7, 11) is 0. The van der Waals surface area contributed by atoms with Crippen LogP contribution < -0.4 is 4.74 Å². The standard InChI is InChI=1S/C13H9BrN2O3/c14-11-7-6-10(18-11)13-15-12(19-16-13)8-17-9-4-2-1-3-5-9/h1-7H,8H2. The van der Waals surface area contributed by atoms with Crippen molar-refractivity contribution in [3.05, 3.63) is 53.0 Å². The van der Waals surface area contributed by atoms with Crippen LogP contribution in [-0.4, -0.2) is 10.1 Å². The molecule has 96 valence electrons. The number of aromatic nitrogens is 2. The lowest BCUT2D eigenvalue weighted by molar-refractivity contribution is 0.243. The molecule has 0 atom stereocenters. The van der Waals surface area contributed by atoms with E-state index in [-0.39, 0.29) is 6.61 Å². The van der Waals surface area contributed by atoms with E-state index in [2.05, 4.69) is 26.1 Å². The smallest absolute Gasteiger partial charge is 0.264 e. The molecule has 0 amide bonds. The van der Waals surface area contributed by atoms with Crippen molar-refractivity contribution >= 4 is 15.9 Å². The van der Waals surface area contributed by atoms with Crippen LogP contribution in [0.4, 0.5) is 0 Å². The Bertz CT molecular complexity index is 663. The van der Waals surface area contributed by atoms with Gasteiger partial charge < -0.3 is 13.7 Å². The molecule has 0 saturated carbocycles. The van der Waals surface area contributed by atoms with Crippen LogP contribution in [0.2, 0.25) is 0 Å². The molecule has 0 aliphatic rings. The number of halogens is 1. The lowest BCUT2D eigenvalue weighted by Crippen LogP contribution is -1.95. The van der Waals surface area contributed by atoms with E-state index in [9.17, 15) is 0 Å². The molecule has 0 saturated heterocycles. The monoisotopic (exact) mass is 320 g/mol. The highest BCUT2D eigenvalue weighted by molar-refractivity contribution is 9.10. The van der Waals surface area contributed by atoms with Gasteiger partial charge in [-0.05, 0) is 40.2 Å². The average molecular weight is 321 g/mol. The first-order valence-electron chi connectivity index (χ1n) is 5.57. The number of para-hydroxylation sites is 1. The van der Waals surface area contributed by atoms with Crippen LogP contribution in [0, 0.1) is 0 Å². The van der Waals surface area contributed by atoms with Crippen LogP contribution in [0.5, 0.6) is 5.75 Å². The van der Waals surface area contributed by atoms with E-state index < -0.39 is 0 Å². The largest absolute Gasteiger partial charge is 0.484 e. The highest BCUT2D eigenvalue weighted by Crippen LogP contribution is 2.22. The molecule has 0 unspecified atom stereocenters. The minimum atomic E-state index is 0.221. The molecule has 5 nitrogen and oxygen atoms in total. The topological polar surface area (TPSA) is 61.3 Å². The van der Waals surface area contributed by atoms with Gasteiger partial charge in [-0.15, -0.1) is 0 Å². The zero-order valence-corrected chi connectivity index (χ0v) is 11.3. The minimum absolute atomic E-state index is 0.221. The van der Waals surface area contributed by atoms with E-state index in [4.69, 9.17) is 13.7 Å². The van der Waals surface area contributed by atoms with Crippen molar-refractivity contribution in [1.82, 2.24) is 10.1 Å². The van der Waals surface area contributed by atoms with Gasteiger partial charge in [-0.25, -0.2) is 0 Å². The Morgan fingerprint density at radius 1 is 1.11 bits per heavy atom. The van der Waals surface area contributed by atoms with Crippen molar-refractivity contribution < 1.29 is 13.7 Å². The van der Waals surface area contributed by atoms with Crippen LogP contribution in [0.3, 0.4) is 0 Å². The first-order chi connectivity index (χ1) is 9.31. The molecule has 0 spiro atoms. The maximum Gasteiger partial charge on any atom is 0.264 e. The van der Waals surface area contributed by atoms with E-state index in [1.165, 1.54) is 0 Å². The van der Waals surface area contributed by atoms with Crippen LogP contribution >= 0.6 is 15.9 Å². The third-order valence-electron chi connectivity index (χ3n) is 2.37. The van der Waals surface area contributed by atoms with Gasteiger partial charge in [0.05, 0.1) is 0 Å². The Kier molecular flexibility index (Phi) is 3.33. The molecule has 2 aromatic heterocycles. The molecule has 3 rings (SSSR count). The number of benzene rings is 1. The van der Waals surface area contributed by atoms with Crippen LogP contribution in [0.25, 0.3) is 11.6 Å². The van der Waals surface area contributed by atoms with Gasteiger partial charge in [-0.2, -0.15) is 4.98 Å². The van der Waals surface area contributed by atoms with Gasteiger partial charge >= 0.3 is 0 Å². The molecule has 0 bridgehead atoms. The van der Waals surface area contributed by atoms with Crippen molar-refractivity contribution in [2.24, 2.45) is 0 Å². The second kappa shape index (κ2) is 5.27. The van der Waals surface area contributed by atoms with Crippen LogP contribution in [0.1, 0.15) is 5.89 Å². The molecule has 0 N–H and O–H groups in total. The van der Waals surface area contributed by atoms with Crippen molar-refractivity contribution in [2.75, 3.05) is 0 Å². The summed E-state index contributed by atoms with van der Waals surface area (Å²) in [6.45, 7) is 0.221. The van der Waals surface area contributed by atoms with Gasteiger partial charge in [-0.1, -0.05) is 23.4 Å². The first-order valence-corrected chi connectivity index (χ1v) is 6.37. The summed E-state index contributed by atoms with van der Waals surface area (Å²) in [6.07, 6.45) is 0. The molecule has 19 heavy (non-hydrogen) atoms. The molecule has 2 heterocycles. The fraction of sp³-hybridized carbons (Fsp3) is 0.0769. The summed E-state index contributed by atoms with van der Waals surface area (Å²) in [5.41, 5.74) is 0. The zero-order valence-electron chi connectivity index (χ0n) is 9.75. The predicted molar refractivity (Wildman–Crippen MR) is 70.5 cm³/mol. The van der Waals surface area contributed by atoms with Crippen LogP contribution in [-0.2, 0) is 6.61 Å². The fourth-order valence-electron chi connectivity index (χ4n) is 1.51. The van der Waals surface area contributed by atoms with Crippen molar-refractivity contribution in [1.29, 1.82) is 0 Å². The van der Waals surface area contributed by atoms with Gasteiger partial charge in [0.15, 0.2) is 17.0 Å². The summed E-state index contributed by atoms with van der Waals surface area (Å²) >= 11 is 3.22. The Labute approximate surface area is 117 Å². The Morgan fingerprint density at radius 2 is 1.95 bits per heavy atom. The highest BCUT2D eigenvalue weighted by Gasteiger charge is 2.12. The van der Waals surface area contributed by atoms with Gasteiger partial charge in [0.25, 0.3) is 5.89 Å². The average Bonchev–Trinajstić information content (AvgIpc) is 3.06. The molecule has 0 aliphatic carbocycles. The van der Waals surface area contributed by atoms with E-state index >= 15 is 0 Å². The normalized spacial score (nSPS) is 10.6. The van der Waals surface area contributed by atoms with E-state index in [0.29, 0.717) is 22.1 Å². The van der Waals surface area contributed by atoms with Crippen molar-refractivity contribution in [3.63, 3.8) is 0 Å². The van der Waals surface area contributed by atoms with Crippen LogP contribution in [0.15, 0.2) is 56.1 Å².